The highest BCUT2D eigenvalue weighted by Crippen LogP contribution is 2.41. The summed E-state index contributed by atoms with van der Waals surface area (Å²) in [5, 5.41) is 5.81. The van der Waals surface area contributed by atoms with Crippen molar-refractivity contribution in [3.05, 3.63) is 194 Å². The Bertz CT molecular complexity index is 2840. The molecule has 2 heterocycles. The maximum Gasteiger partial charge on any atom is 0.145 e. The van der Waals surface area contributed by atoms with Crippen molar-refractivity contribution in [3.8, 4) is 28.3 Å². The normalized spacial score (nSPS) is 11.5. The van der Waals surface area contributed by atoms with Crippen LogP contribution in [0.15, 0.2) is 194 Å². The molecule has 0 unspecified atom stereocenters. The number of benzene rings is 8. The second-order valence-corrected chi connectivity index (χ2v) is 13.1. The van der Waals surface area contributed by atoms with Gasteiger partial charge in [-0.1, -0.05) is 121 Å². The molecule has 0 spiro atoms. The summed E-state index contributed by atoms with van der Waals surface area (Å²) >= 11 is 0. The van der Waals surface area contributed by atoms with E-state index >= 15 is 0 Å². The van der Waals surface area contributed by atoms with Gasteiger partial charge in [0.2, 0.25) is 0 Å². The average molecular weight is 665 g/mol. The van der Waals surface area contributed by atoms with E-state index in [2.05, 4.69) is 204 Å². The van der Waals surface area contributed by atoms with Crippen LogP contribution in [0, 0.1) is 0 Å². The Kier molecular flexibility index (Phi) is 7.10. The number of rotatable bonds is 6. The van der Waals surface area contributed by atoms with E-state index in [-0.39, 0.29) is 0 Å². The van der Waals surface area contributed by atoms with E-state index < -0.39 is 0 Å². The van der Waals surface area contributed by atoms with Crippen LogP contribution in [-0.2, 0) is 0 Å². The van der Waals surface area contributed by atoms with Gasteiger partial charge in [-0.2, -0.15) is 0 Å². The lowest BCUT2D eigenvalue weighted by Gasteiger charge is -2.25. The molecule has 0 aliphatic heterocycles. The molecule has 244 valence electrons. The summed E-state index contributed by atoms with van der Waals surface area (Å²) in [4.78, 5) is 12.8. The van der Waals surface area contributed by atoms with Gasteiger partial charge in [0, 0.05) is 50.0 Å². The third kappa shape index (κ3) is 5.00. The fourth-order valence-electron chi connectivity index (χ4n) is 7.56. The lowest BCUT2D eigenvalue weighted by molar-refractivity contribution is 1.10. The van der Waals surface area contributed by atoms with Crippen molar-refractivity contribution in [1.82, 2.24) is 14.5 Å². The fourth-order valence-corrected chi connectivity index (χ4v) is 7.56. The molecule has 0 bridgehead atoms. The topological polar surface area (TPSA) is 34.0 Å². The summed E-state index contributed by atoms with van der Waals surface area (Å²) in [6.45, 7) is 0. The molecule has 0 aliphatic carbocycles. The van der Waals surface area contributed by atoms with Crippen molar-refractivity contribution in [3.63, 3.8) is 0 Å². The molecule has 8 aromatic carbocycles. The highest BCUT2D eigenvalue weighted by molar-refractivity contribution is 6.22. The van der Waals surface area contributed by atoms with Crippen molar-refractivity contribution < 1.29 is 0 Å². The first-order valence-corrected chi connectivity index (χ1v) is 17.6. The first-order valence-electron chi connectivity index (χ1n) is 17.6. The van der Waals surface area contributed by atoms with Gasteiger partial charge in [0.05, 0.1) is 22.2 Å². The van der Waals surface area contributed by atoms with Gasteiger partial charge >= 0.3 is 0 Å². The van der Waals surface area contributed by atoms with E-state index in [0.29, 0.717) is 0 Å². The standard InChI is InChI=1S/C48H32N4/c1-4-14-36(15-5-1)51(37-16-6-2-7-17-37)39-29-26-34(27-30-39)47-41-31-28-33-24-25-35(32-42(33)46(41)40-20-10-11-21-43(40)49-47)48-50-44-22-12-13-23-45(44)52(48)38-18-8-3-9-19-38/h1-32H. The molecule has 0 saturated carbocycles. The summed E-state index contributed by atoms with van der Waals surface area (Å²) in [5.74, 6) is 0.918. The van der Waals surface area contributed by atoms with Gasteiger partial charge in [-0.05, 0) is 83.6 Å². The highest BCUT2D eigenvalue weighted by atomic mass is 15.1. The van der Waals surface area contributed by atoms with Crippen LogP contribution in [0.4, 0.5) is 17.1 Å². The molecule has 0 N–H and O–H groups in total. The van der Waals surface area contributed by atoms with Gasteiger partial charge in [-0.3, -0.25) is 4.57 Å². The van der Waals surface area contributed by atoms with Gasteiger partial charge in [-0.25, -0.2) is 9.97 Å². The molecule has 0 fully saturated rings. The minimum absolute atomic E-state index is 0.918. The van der Waals surface area contributed by atoms with Gasteiger partial charge < -0.3 is 4.90 Å². The second-order valence-electron chi connectivity index (χ2n) is 13.1. The number of para-hydroxylation sites is 6. The minimum atomic E-state index is 0.918. The van der Waals surface area contributed by atoms with Crippen LogP contribution in [0.5, 0.6) is 0 Å². The van der Waals surface area contributed by atoms with Crippen LogP contribution < -0.4 is 4.90 Å². The number of pyridine rings is 1. The van der Waals surface area contributed by atoms with E-state index in [4.69, 9.17) is 9.97 Å². The molecule has 4 heteroatoms. The Balaban J connectivity index is 1.16. The van der Waals surface area contributed by atoms with Crippen LogP contribution in [-0.4, -0.2) is 14.5 Å². The molecule has 10 aromatic rings. The van der Waals surface area contributed by atoms with Gasteiger partial charge in [0.1, 0.15) is 5.82 Å². The fraction of sp³-hybridized carbons (Fsp3) is 0. The van der Waals surface area contributed by atoms with Crippen molar-refractivity contribution in [2.75, 3.05) is 4.90 Å². The molecule has 4 nitrogen and oxygen atoms in total. The van der Waals surface area contributed by atoms with E-state index in [1.807, 2.05) is 0 Å². The molecule has 0 amide bonds. The van der Waals surface area contributed by atoms with Crippen molar-refractivity contribution in [1.29, 1.82) is 0 Å². The number of hydrogen-bond acceptors (Lipinski definition) is 3. The minimum Gasteiger partial charge on any atom is -0.311 e. The first kappa shape index (κ1) is 29.8. The SMILES string of the molecule is c1ccc(N(c2ccccc2)c2ccc(-c3nc4ccccc4c4c3ccc3ccc(-c5nc6ccccc6n5-c5ccccc5)cc34)cc2)cc1. The van der Waals surface area contributed by atoms with Gasteiger partial charge in [-0.15, -0.1) is 0 Å². The molecule has 0 aliphatic rings. The third-order valence-electron chi connectivity index (χ3n) is 9.94. The highest BCUT2D eigenvalue weighted by Gasteiger charge is 2.18. The van der Waals surface area contributed by atoms with Gasteiger partial charge in [0.15, 0.2) is 0 Å². The Morgan fingerprint density at radius 2 is 0.981 bits per heavy atom. The summed E-state index contributed by atoms with van der Waals surface area (Å²) in [5.41, 5.74) is 10.5. The number of aromatic nitrogens is 3. The maximum absolute atomic E-state index is 5.30. The number of nitrogens with zero attached hydrogens (tertiary/aromatic N) is 4. The Hall–Kier alpha value is -7.04. The smallest absolute Gasteiger partial charge is 0.145 e. The number of hydrogen-bond donors (Lipinski definition) is 0. The monoisotopic (exact) mass is 664 g/mol. The third-order valence-corrected chi connectivity index (χ3v) is 9.94. The molecular formula is C48H32N4. The average Bonchev–Trinajstić information content (AvgIpc) is 3.61. The largest absolute Gasteiger partial charge is 0.311 e. The molecular weight excluding hydrogens is 633 g/mol. The van der Waals surface area contributed by atoms with E-state index in [1.165, 1.54) is 16.2 Å². The first-order chi connectivity index (χ1) is 25.8. The second kappa shape index (κ2) is 12.4. The quantitative estimate of drug-likeness (QED) is 0.166. The van der Waals surface area contributed by atoms with Crippen molar-refractivity contribution in [2.24, 2.45) is 0 Å². The number of fused-ring (bicyclic) bond motifs is 6. The molecule has 2 aromatic heterocycles. The predicted molar refractivity (Wildman–Crippen MR) is 217 cm³/mol. The summed E-state index contributed by atoms with van der Waals surface area (Å²) in [6, 6.07) is 68.4. The summed E-state index contributed by atoms with van der Waals surface area (Å²) < 4.78 is 2.27. The van der Waals surface area contributed by atoms with E-state index in [1.54, 1.807) is 0 Å². The van der Waals surface area contributed by atoms with E-state index in [9.17, 15) is 0 Å². The Morgan fingerprint density at radius 3 is 1.71 bits per heavy atom. The maximum atomic E-state index is 5.30. The predicted octanol–water partition coefficient (Wildman–Crippen LogP) is 12.7. The van der Waals surface area contributed by atoms with Crippen LogP contribution in [0.25, 0.3) is 71.8 Å². The summed E-state index contributed by atoms with van der Waals surface area (Å²) in [7, 11) is 0. The zero-order valence-electron chi connectivity index (χ0n) is 28.3. The van der Waals surface area contributed by atoms with Crippen molar-refractivity contribution >= 4 is 60.5 Å². The Morgan fingerprint density at radius 1 is 0.404 bits per heavy atom. The van der Waals surface area contributed by atoms with Crippen LogP contribution in [0.2, 0.25) is 0 Å². The van der Waals surface area contributed by atoms with Crippen LogP contribution in [0.3, 0.4) is 0 Å². The van der Waals surface area contributed by atoms with E-state index in [0.717, 1.165) is 72.7 Å². The molecule has 0 saturated heterocycles. The van der Waals surface area contributed by atoms with Crippen LogP contribution >= 0.6 is 0 Å². The zero-order chi connectivity index (χ0) is 34.4. The molecule has 10 rings (SSSR count). The number of imidazole rings is 1. The molecule has 52 heavy (non-hydrogen) atoms. The molecule has 0 atom stereocenters. The molecule has 0 radical (unpaired) electrons. The van der Waals surface area contributed by atoms with Gasteiger partial charge in [0.25, 0.3) is 0 Å². The lowest BCUT2D eigenvalue weighted by atomic mass is 9.94. The zero-order valence-corrected chi connectivity index (χ0v) is 28.3. The van der Waals surface area contributed by atoms with Crippen molar-refractivity contribution in [2.45, 2.75) is 0 Å². The summed E-state index contributed by atoms with van der Waals surface area (Å²) in [6.07, 6.45) is 0. The lowest BCUT2D eigenvalue weighted by Crippen LogP contribution is -2.09. The van der Waals surface area contributed by atoms with Crippen LogP contribution in [0.1, 0.15) is 0 Å². The Labute approximate surface area is 301 Å². The number of anilines is 3.